The van der Waals surface area contributed by atoms with Crippen LogP contribution < -0.4 is 11.1 Å². The number of nitrogens with one attached hydrogen (secondary N) is 1. The molecule has 98 valence electrons. The van der Waals surface area contributed by atoms with Crippen LogP contribution in [0.4, 0.5) is 5.69 Å². The third-order valence-corrected chi connectivity index (χ3v) is 2.62. The lowest BCUT2D eigenvalue weighted by molar-refractivity contribution is -0.118. The molecule has 1 aromatic carbocycles. The average molecular weight is 250 g/mol. The second-order valence-corrected chi connectivity index (χ2v) is 4.51. The molecule has 5 heteroatoms. The number of aliphatic hydroxyl groups is 1. The van der Waals surface area contributed by atoms with E-state index in [0.29, 0.717) is 11.3 Å². The quantitative estimate of drug-likeness (QED) is 0.731. The van der Waals surface area contributed by atoms with E-state index in [1.165, 1.54) is 12.1 Å². The minimum Gasteiger partial charge on any atom is -0.392 e. The Balaban J connectivity index is 2.57. The van der Waals surface area contributed by atoms with Crippen molar-refractivity contribution in [1.29, 1.82) is 0 Å². The normalized spacial score (nSPS) is 12.2. The van der Waals surface area contributed by atoms with E-state index in [1.807, 2.05) is 13.8 Å². The predicted molar refractivity (Wildman–Crippen MR) is 69.1 cm³/mol. The summed E-state index contributed by atoms with van der Waals surface area (Å²) in [5.74, 6) is -0.737. The smallest absolute Gasteiger partial charge is 0.248 e. The number of nitrogens with two attached hydrogens (primary N) is 1. The van der Waals surface area contributed by atoms with E-state index >= 15 is 0 Å². The van der Waals surface area contributed by atoms with E-state index in [2.05, 4.69) is 5.32 Å². The van der Waals surface area contributed by atoms with Crippen molar-refractivity contribution >= 4 is 17.5 Å². The van der Waals surface area contributed by atoms with Gasteiger partial charge in [0.15, 0.2) is 0 Å². The van der Waals surface area contributed by atoms with Gasteiger partial charge in [-0.15, -0.1) is 0 Å². The third kappa shape index (κ3) is 4.18. The second kappa shape index (κ2) is 6.16. The number of amides is 2. The number of hydrogen-bond donors (Lipinski definition) is 3. The molecule has 0 saturated heterocycles. The molecule has 18 heavy (non-hydrogen) atoms. The number of anilines is 1. The molecule has 2 amide bonds. The molecule has 0 aliphatic carbocycles. The Bertz CT molecular complexity index is 426. The second-order valence-electron chi connectivity index (χ2n) is 4.51. The molecule has 4 N–H and O–H groups in total. The fourth-order valence-corrected chi connectivity index (χ4v) is 1.36. The van der Waals surface area contributed by atoms with Gasteiger partial charge >= 0.3 is 0 Å². The maximum absolute atomic E-state index is 11.6. The first-order chi connectivity index (χ1) is 8.40. The van der Waals surface area contributed by atoms with Crippen molar-refractivity contribution in [2.24, 2.45) is 11.7 Å². The molecule has 0 aliphatic heterocycles. The Labute approximate surface area is 106 Å². The van der Waals surface area contributed by atoms with Crippen molar-refractivity contribution in [3.8, 4) is 0 Å². The molecule has 0 heterocycles. The molecule has 1 rings (SSSR count). The monoisotopic (exact) mass is 250 g/mol. The Morgan fingerprint density at radius 1 is 1.28 bits per heavy atom. The van der Waals surface area contributed by atoms with Crippen molar-refractivity contribution in [2.45, 2.75) is 26.4 Å². The Morgan fingerprint density at radius 2 is 1.83 bits per heavy atom. The first-order valence-corrected chi connectivity index (χ1v) is 5.78. The summed E-state index contributed by atoms with van der Waals surface area (Å²) in [6.45, 7) is 3.69. The van der Waals surface area contributed by atoms with E-state index in [4.69, 9.17) is 5.73 Å². The highest BCUT2D eigenvalue weighted by Gasteiger charge is 2.14. The number of carbonyl (C=O) groups is 2. The lowest BCUT2D eigenvalue weighted by atomic mass is 10.0. The fourth-order valence-electron chi connectivity index (χ4n) is 1.36. The first kappa shape index (κ1) is 14.2. The van der Waals surface area contributed by atoms with E-state index < -0.39 is 12.0 Å². The molecule has 0 radical (unpaired) electrons. The number of benzene rings is 1. The van der Waals surface area contributed by atoms with Gasteiger partial charge in [0.1, 0.15) is 0 Å². The van der Waals surface area contributed by atoms with Gasteiger partial charge in [-0.2, -0.15) is 0 Å². The van der Waals surface area contributed by atoms with Gasteiger partial charge in [0.2, 0.25) is 11.8 Å². The Kier molecular flexibility index (Phi) is 4.85. The molecule has 0 fully saturated rings. The third-order valence-electron chi connectivity index (χ3n) is 2.62. The van der Waals surface area contributed by atoms with Crippen LogP contribution in [0.15, 0.2) is 24.3 Å². The largest absolute Gasteiger partial charge is 0.392 e. The number of hydrogen-bond acceptors (Lipinski definition) is 3. The van der Waals surface area contributed by atoms with Crippen LogP contribution in [0.2, 0.25) is 0 Å². The van der Waals surface area contributed by atoms with E-state index in [-0.39, 0.29) is 18.2 Å². The van der Waals surface area contributed by atoms with E-state index in [9.17, 15) is 14.7 Å². The highest BCUT2D eigenvalue weighted by molar-refractivity contribution is 5.94. The van der Waals surface area contributed by atoms with Gasteiger partial charge in [0.25, 0.3) is 0 Å². The summed E-state index contributed by atoms with van der Waals surface area (Å²) >= 11 is 0. The summed E-state index contributed by atoms with van der Waals surface area (Å²) < 4.78 is 0. The molecule has 0 bridgehead atoms. The number of carbonyl (C=O) groups excluding carboxylic acids is 2. The van der Waals surface area contributed by atoms with Crippen molar-refractivity contribution in [1.82, 2.24) is 0 Å². The van der Waals surface area contributed by atoms with E-state index in [1.54, 1.807) is 12.1 Å². The zero-order chi connectivity index (χ0) is 13.7. The lowest BCUT2D eigenvalue weighted by Gasteiger charge is -2.14. The molecular weight excluding hydrogens is 232 g/mol. The van der Waals surface area contributed by atoms with Gasteiger partial charge in [-0.3, -0.25) is 9.59 Å². The van der Waals surface area contributed by atoms with Gasteiger partial charge in [0, 0.05) is 11.3 Å². The van der Waals surface area contributed by atoms with E-state index in [0.717, 1.165) is 0 Å². The molecular formula is C13H18N2O3. The molecule has 1 unspecified atom stereocenters. The average Bonchev–Trinajstić information content (AvgIpc) is 2.29. The van der Waals surface area contributed by atoms with Crippen LogP contribution in [-0.2, 0) is 4.79 Å². The lowest BCUT2D eigenvalue weighted by Crippen LogP contribution is -2.23. The maximum Gasteiger partial charge on any atom is 0.248 e. The number of rotatable bonds is 5. The van der Waals surface area contributed by atoms with Gasteiger partial charge in [-0.25, -0.2) is 0 Å². The Morgan fingerprint density at radius 3 is 2.28 bits per heavy atom. The zero-order valence-electron chi connectivity index (χ0n) is 10.5. The van der Waals surface area contributed by atoms with Gasteiger partial charge in [-0.05, 0) is 30.2 Å². The summed E-state index contributed by atoms with van der Waals surface area (Å²) in [7, 11) is 0. The van der Waals surface area contributed by atoms with Crippen LogP contribution in [-0.4, -0.2) is 23.0 Å². The fraction of sp³-hybridized carbons (Fsp3) is 0.385. The standard InChI is InChI=1S/C13H18N2O3/c1-8(2)11(16)7-12(17)15-10-5-3-9(4-6-10)13(14)18/h3-6,8,11,16H,7H2,1-2H3,(H2,14,18)(H,15,17). The van der Waals surface area contributed by atoms with Crippen LogP contribution in [0.5, 0.6) is 0 Å². The molecule has 0 spiro atoms. The van der Waals surface area contributed by atoms with Crippen molar-refractivity contribution < 1.29 is 14.7 Å². The zero-order valence-corrected chi connectivity index (χ0v) is 10.5. The van der Waals surface area contributed by atoms with Crippen LogP contribution >= 0.6 is 0 Å². The van der Waals surface area contributed by atoms with Crippen LogP contribution in [0.25, 0.3) is 0 Å². The highest BCUT2D eigenvalue weighted by Crippen LogP contribution is 2.11. The van der Waals surface area contributed by atoms with Crippen LogP contribution in [0.1, 0.15) is 30.6 Å². The highest BCUT2D eigenvalue weighted by atomic mass is 16.3. The number of primary amides is 1. The molecule has 0 saturated carbocycles. The molecule has 0 aliphatic rings. The van der Waals surface area contributed by atoms with Crippen LogP contribution in [0.3, 0.4) is 0 Å². The summed E-state index contributed by atoms with van der Waals surface area (Å²) in [4.78, 5) is 22.4. The topological polar surface area (TPSA) is 92.4 Å². The van der Waals surface area contributed by atoms with Crippen molar-refractivity contribution in [2.75, 3.05) is 5.32 Å². The minimum atomic E-state index is -0.658. The summed E-state index contributed by atoms with van der Waals surface area (Å²) in [5.41, 5.74) is 6.06. The molecule has 1 aromatic rings. The molecule has 1 atom stereocenters. The van der Waals surface area contributed by atoms with Crippen molar-refractivity contribution in [3.05, 3.63) is 29.8 Å². The maximum atomic E-state index is 11.6. The van der Waals surface area contributed by atoms with Crippen molar-refractivity contribution in [3.63, 3.8) is 0 Å². The SMILES string of the molecule is CC(C)C(O)CC(=O)Nc1ccc(C(N)=O)cc1. The van der Waals surface area contributed by atoms with Gasteiger partial charge in [-0.1, -0.05) is 13.8 Å². The molecule has 5 nitrogen and oxygen atoms in total. The predicted octanol–water partition coefficient (Wildman–Crippen LogP) is 1.13. The Hall–Kier alpha value is -1.88. The first-order valence-electron chi connectivity index (χ1n) is 5.78. The molecule has 0 aromatic heterocycles. The van der Waals surface area contributed by atoms with Gasteiger partial charge < -0.3 is 16.2 Å². The van der Waals surface area contributed by atoms with Gasteiger partial charge in [0.05, 0.1) is 12.5 Å². The summed E-state index contributed by atoms with van der Waals surface area (Å²) in [5, 5.41) is 12.2. The summed E-state index contributed by atoms with van der Waals surface area (Å²) in [6, 6.07) is 6.27. The van der Waals surface area contributed by atoms with Crippen LogP contribution in [0, 0.1) is 5.92 Å². The number of aliphatic hydroxyl groups excluding tert-OH is 1. The minimum absolute atomic E-state index is 0.0352. The summed E-state index contributed by atoms with van der Waals surface area (Å²) in [6.07, 6.45) is -0.607.